The van der Waals surface area contributed by atoms with E-state index in [1.165, 1.54) is 12.2 Å². The zero-order valence-corrected chi connectivity index (χ0v) is 53.5. The van der Waals surface area contributed by atoms with Gasteiger partial charge in [-0.3, -0.25) is 38.4 Å². The van der Waals surface area contributed by atoms with Gasteiger partial charge in [-0.15, -0.1) is 34.0 Å². The first kappa shape index (κ1) is 59.1. The Balaban J connectivity index is 0.883. The molecule has 12 nitrogen and oxygen atoms in total. The first-order valence-corrected chi connectivity index (χ1v) is 33.7. The highest BCUT2D eigenvalue weighted by Crippen LogP contribution is 2.68. The van der Waals surface area contributed by atoms with Crippen molar-refractivity contribution in [3.63, 3.8) is 0 Å². The van der Waals surface area contributed by atoms with E-state index in [-0.39, 0.29) is 91.8 Å². The predicted octanol–water partition coefficient (Wildman–Crippen LogP) is 16.9. The number of carbonyl (C=O) groups is 8. The molecule has 0 atom stereocenters. The lowest BCUT2D eigenvalue weighted by Crippen LogP contribution is -2.50. The third kappa shape index (κ3) is 9.43. The van der Waals surface area contributed by atoms with Gasteiger partial charge in [0, 0.05) is 54.3 Å². The van der Waals surface area contributed by atoms with Crippen LogP contribution in [0.25, 0.3) is 74.8 Å². The molecule has 3 heterocycles. The molecule has 466 valence electrons. The normalized spacial score (nSPS) is 14.3. The van der Waals surface area contributed by atoms with Gasteiger partial charge < -0.3 is 18.9 Å². The predicted molar refractivity (Wildman–Crippen MR) is 374 cm³/mol. The SMILES string of the molecule is O=C1C(=Cc2cc3c(s2)-c2sc4c(c2C3(C(=O)OCc2ccccc2)C(=O)OCc2ccccc2)C(C(=O)OCc2ccccc2)(C(=O)OCc2ccccc2)c2cc(C=C3C(=O)c5cc6cc7ccccc7cc6cc5C3=O)sc2-4)C(=O)c2cc3cc4ccccc4cc3cc21. The molecule has 0 aliphatic heterocycles. The van der Waals surface area contributed by atoms with Crippen LogP contribution in [0.3, 0.4) is 0 Å². The fraction of sp³-hybridized carbons (Fsp3) is 0.0732. The molecule has 0 N–H and O–H groups in total. The van der Waals surface area contributed by atoms with Crippen molar-refractivity contribution in [2.75, 3.05) is 0 Å². The number of hydrogen-bond donors (Lipinski definition) is 0. The molecular formula is C82H48O12S3. The Hall–Kier alpha value is -11.6. The summed E-state index contributed by atoms with van der Waals surface area (Å²) in [5.74, 6) is -6.50. The molecule has 0 fully saturated rings. The summed E-state index contributed by atoms with van der Waals surface area (Å²) < 4.78 is 25.6. The molecule has 17 rings (SSSR count). The number of fused-ring (bicyclic) bond motifs is 13. The third-order valence-corrected chi connectivity index (χ3v) is 22.4. The summed E-state index contributed by atoms with van der Waals surface area (Å²) in [5, 5.41) is 6.96. The van der Waals surface area contributed by atoms with E-state index in [9.17, 15) is 19.2 Å². The summed E-state index contributed by atoms with van der Waals surface area (Å²) >= 11 is 3.30. The average molecular weight is 1320 g/mol. The van der Waals surface area contributed by atoms with Gasteiger partial charge >= 0.3 is 23.9 Å². The monoisotopic (exact) mass is 1320 g/mol. The van der Waals surface area contributed by atoms with Crippen molar-refractivity contribution in [3.05, 3.63) is 318 Å². The number of ketones is 4. The Labute approximate surface area is 564 Å². The number of hydrogen-bond acceptors (Lipinski definition) is 15. The number of esters is 4. The van der Waals surface area contributed by atoms with Gasteiger partial charge in [0.15, 0.2) is 23.1 Å². The van der Waals surface area contributed by atoms with Crippen LogP contribution < -0.4 is 0 Å². The van der Waals surface area contributed by atoms with Gasteiger partial charge in [0.1, 0.15) is 26.4 Å². The second kappa shape index (κ2) is 23.1. The van der Waals surface area contributed by atoms with Gasteiger partial charge in [-0.25, -0.2) is 0 Å². The van der Waals surface area contributed by atoms with Gasteiger partial charge in [-0.05, 0) is 138 Å². The Kier molecular flexibility index (Phi) is 14.1. The molecule has 4 aliphatic rings. The zero-order valence-electron chi connectivity index (χ0n) is 51.0. The minimum absolute atomic E-state index is 0.0563. The summed E-state index contributed by atoms with van der Waals surface area (Å²) in [6.07, 6.45) is 2.95. The van der Waals surface area contributed by atoms with Gasteiger partial charge in [0.05, 0.1) is 30.7 Å². The molecule has 15 heteroatoms. The first-order chi connectivity index (χ1) is 47.3. The maximum Gasteiger partial charge on any atom is 0.333 e. The minimum atomic E-state index is -2.66. The Morgan fingerprint density at radius 3 is 0.825 bits per heavy atom. The van der Waals surface area contributed by atoms with E-state index in [2.05, 4.69) is 0 Å². The summed E-state index contributed by atoms with van der Waals surface area (Å²) in [7, 11) is 0. The summed E-state index contributed by atoms with van der Waals surface area (Å²) in [6, 6.07) is 69.1. The van der Waals surface area contributed by atoms with Crippen molar-refractivity contribution < 1.29 is 57.3 Å². The van der Waals surface area contributed by atoms with E-state index >= 15 is 19.2 Å². The Morgan fingerprint density at radius 2 is 0.557 bits per heavy atom. The van der Waals surface area contributed by atoms with Gasteiger partial charge in [0.25, 0.3) is 0 Å². The number of Topliss-reactive ketones (excluding diaryl/α,β-unsaturated/α-hetero) is 4. The summed E-state index contributed by atoms with van der Waals surface area (Å²) in [4.78, 5) is 126. The van der Waals surface area contributed by atoms with E-state index in [1.54, 1.807) is 158 Å². The molecule has 0 amide bonds. The van der Waals surface area contributed by atoms with Gasteiger partial charge in [-0.2, -0.15) is 0 Å². The van der Waals surface area contributed by atoms with Crippen LogP contribution in [0.15, 0.2) is 242 Å². The van der Waals surface area contributed by atoms with Crippen molar-refractivity contribution in [2.45, 2.75) is 37.3 Å². The van der Waals surface area contributed by atoms with Crippen LogP contribution in [0.2, 0.25) is 0 Å². The molecule has 0 unspecified atom stereocenters. The fourth-order valence-electron chi connectivity index (χ4n) is 14.0. The van der Waals surface area contributed by atoms with Gasteiger partial charge in [0.2, 0.25) is 10.8 Å². The lowest BCUT2D eigenvalue weighted by molar-refractivity contribution is -0.167. The van der Waals surface area contributed by atoms with Crippen LogP contribution in [0.5, 0.6) is 0 Å². The molecule has 3 aromatic heterocycles. The molecule has 0 saturated heterocycles. The van der Waals surface area contributed by atoms with E-state index in [4.69, 9.17) is 18.9 Å². The standard InChI is InChI=1S/C82H48O12S3/c83-69-59-33-53-29-49-25-13-14-26-50(49)30-54(53)34-60(59)70(84)63(69)37-57-39-65-73(95-57)75-67(81(65,77(87)91-41-45-17-5-1-6-18-45)78(88)92-42-46-19-7-2-8-20-46)68-76(97-75)74-66(82(68,79(89)93-43-47-21-9-3-10-22-47)80(90)94-44-48-23-11-4-12-24-48)40-58(96-74)38-64-71(85)61-35-55-31-51-27-15-16-28-52(51)32-56(55)36-62(61)72(64)86/h1-40H,41-44H2. The highest BCUT2D eigenvalue weighted by atomic mass is 32.1. The number of thiophene rings is 3. The molecule has 0 spiro atoms. The number of benzene rings is 10. The maximum absolute atomic E-state index is 16.4. The Bertz CT molecular complexity index is 5090. The van der Waals surface area contributed by atoms with Crippen molar-refractivity contribution >= 4 is 136 Å². The summed E-state index contributed by atoms with van der Waals surface area (Å²) in [5.41, 5.74) is -2.45. The second-order valence-corrected chi connectivity index (χ2v) is 27.5. The molecule has 97 heavy (non-hydrogen) atoms. The number of ether oxygens (including phenoxy) is 4. The Morgan fingerprint density at radius 1 is 0.299 bits per heavy atom. The van der Waals surface area contributed by atoms with Crippen LogP contribution in [-0.4, -0.2) is 47.0 Å². The molecule has 0 radical (unpaired) electrons. The quantitative estimate of drug-likeness (QED) is 0.0252. The van der Waals surface area contributed by atoms with Crippen LogP contribution in [0.1, 0.15) is 95.7 Å². The van der Waals surface area contributed by atoms with E-state index in [0.717, 1.165) is 77.1 Å². The lowest BCUT2D eigenvalue weighted by atomic mass is 9.70. The van der Waals surface area contributed by atoms with Crippen molar-refractivity contribution in [1.29, 1.82) is 0 Å². The second-order valence-electron chi connectivity index (χ2n) is 24.4. The fourth-order valence-corrected chi connectivity index (χ4v) is 18.0. The van der Waals surface area contributed by atoms with Crippen LogP contribution in [-0.2, 0) is 75.4 Å². The average Bonchev–Trinajstić information content (AvgIpc) is 1.49. The number of rotatable bonds is 14. The molecule has 0 bridgehead atoms. The summed E-state index contributed by atoms with van der Waals surface area (Å²) in [6.45, 7) is -1.34. The highest BCUT2D eigenvalue weighted by molar-refractivity contribution is 7.28. The van der Waals surface area contributed by atoms with Crippen LogP contribution >= 0.6 is 34.0 Å². The van der Waals surface area contributed by atoms with E-state index in [1.807, 2.05) is 72.8 Å². The lowest BCUT2D eigenvalue weighted by Gasteiger charge is -2.32. The highest BCUT2D eigenvalue weighted by Gasteiger charge is 2.69. The molecule has 4 aliphatic carbocycles. The van der Waals surface area contributed by atoms with Crippen LogP contribution in [0.4, 0.5) is 0 Å². The molecule has 13 aromatic rings. The molecular weight excluding hydrogens is 1270 g/mol. The maximum atomic E-state index is 16.4. The topological polar surface area (TPSA) is 173 Å². The molecule has 10 aromatic carbocycles. The van der Waals surface area contributed by atoms with E-state index in [0.29, 0.717) is 41.8 Å². The van der Waals surface area contributed by atoms with Gasteiger partial charge in [-0.1, -0.05) is 170 Å². The number of allylic oxidation sites excluding steroid dienone is 2. The largest absolute Gasteiger partial charge is 0.459 e. The van der Waals surface area contributed by atoms with Crippen molar-refractivity contribution in [3.8, 4) is 19.5 Å². The van der Waals surface area contributed by atoms with Crippen LogP contribution in [0, 0.1) is 0 Å². The smallest absolute Gasteiger partial charge is 0.333 e. The van der Waals surface area contributed by atoms with E-state index < -0.39 is 57.8 Å². The minimum Gasteiger partial charge on any atom is -0.459 e. The van der Waals surface area contributed by atoms with Crippen molar-refractivity contribution in [1.82, 2.24) is 0 Å². The number of carbonyl (C=O) groups excluding carboxylic acids is 8. The first-order valence-electron chi connectivity index (χ1n) is 31.2. The third-order valence-electron chi connectivity index (χ3n) is 18.7. The zero-order chi connectivity index (χ0) is 65.8. The van der Waals surface area contributed by atoms with Crippen molar-refractivity contribution in [2.24, 2.45) is 0 Å². The molecule has 0 saturated carbocycles.